The molecule has 1 fully saturated rings. The van der Waals surface area contributed by atoms with Crippen LogP contribution >= 0.6 is 11.3 Å². The van der Waals surface area contributed by atoms with Crippen molar-refractivity contribution in [2.75, 3.05) is 33.3 Å². The smallest absolute Gasteiger partial charge is 0.267 e. The predicted molar refractivity (Wildman–Crippen MR) is 94.4 cm³/mol. The van der Waals surface area contributed by atoms with Crippen molar-refractivity contribution in [1.82, 2.24) is 9.21 Å². The lowest BCUT2D eigenvalue weighted by Crippen LogP contribution is -2.51. The summed E-state index contributed by atoms with van der Waals surface area (Å²) in [5.74, 6) is 0.697. The first-order chi connectivity index (χ1) is 11.4. The van der Waals surface area contributed by atoms with E-state index in [1.54, 1.807) is 25.9 Å². The Hall–Kier alpha value is -1.12. The molecule has 1 saturated heterocycles. The maximum Gasteiger partial charge on any atom is 0.267 e. The first kappa shape index (κ1) is 17.7. The minimum atomic E-state index is -3.25. The van der Waals surface area contributed by atoms with Crippen LogP contribution in [0.25, 0.3) is 0 Å². The van der Waals surface area contributed by atoms with Crippen molar-refractivity contribution in [3.05, 3.63) is 15.3 Å². The van der Waals surface area contributed by atoms with Gasteiger partial charge in [0.25, 0.3) is 5.91 Å². The van der Waals surface area contributed by atoms with Crippen molar-refractivity contribution >= 4 is 27.3 Å². The van der Waals surface area contributed by atoms with Crippen LogP contribution in [0.1, 0.15) is 40.4 Å². The number of sulfonamides is 1. The van der Waals surface area contributed by atoms with Crippen LogP contribution in [0.5, 0.6) is 5.75 Å². The third-order valence-electron chi connectivity index (χ3n) is 4.75. The van der Waals surface area contributed by atoms with E-state index in [4.69, 9.17) is 4.74 Å². The van der Waals surface area contributed by atoms with Crippen molar-refractivity contribution in [3.8, 4) is 5.75 Å². The Morgan fingerprint density at radius 3 is 2.42 bits per heavy atom. The number of piperazine rings is 1. The molecule has 0 aromatic carbocycles. The average Bonchev–Trinajstić information content (AvgIpc) is 3.14. The highest BCUT2D eigenvalue weighted by Gasteiger charge is 2.34. The highest BCUT2D eigenvalue weighted by atomic mass is 32.2. The van der Waals surface area contributed by atoms with Crippen LogP contribution in [0.15, 0.2) is 0 Å². The van der Waals surface area contributed by atoms with E-state index < -0.39 is 15.3 Å². The SMILES string of the molecule is COc1c(C(=O)N2CCN(S(=O)(=O)C(C)C)CC2)sc2c1CCC2. The van der Waals surface area contributed by atoms with Crippen LogP contribution in [0.4, 0.5) is 0 Å². The summed E-state index contributed by atoms with van der Waals surface area (Å²) in [6, 6.07) is 0. The summed E-state index contributed by atoms with van der Waals surface area (Å²) in [4.78, 5) is 16.5. The molecule has 1 aliphatic carbocycles. The second-order valence-corrected chi connectivity index (χ2v) is 10.1. The molecule has 6 nitrogen and oxygen atoms in total. The first-order valence-corrected chi connectivity index (χ1v) is 10.6. The summed E-state index contributed by atoms with van der Waals surface area (Å²) in [7, 11) is -1.64. The van der Waals surface area contributed by atoms with E-state index in [1.807, 2.05) is 0 Å². The zero-order valence-corrected chi connectivity index (χ0v) is 16.0. The highest BCUT2D eigenvalue weighted by Crippen LogP contribution is 2.41. The average molecular weight is 373 g/mol. The quantitative estimate of drug-likeness (QED) is 0.807. The maximum atomic E-state index is 12.9. The van der Waals surface area contributed by atoms with Crippen molar-refractivity contribution in [3.63, 3.8) is 0 Å². The van der Waals surface area contributed by atoms with Gasteiger partial charge in [0.1, 0.15) is 10.6 Å². The molecule has 0 radical (unpaired) electrons. The third-order valence-corrected chi connectivity index (χ3v) is 8.29. The molecule has 0 spiro atoms. The minimum Gasteiger partial charge on any atom is -0.495 e. The number of rotatable bonds is 4. The van der Waals surface area contributed by atoms with Crippen LogP contribution in [-0.2, 0) is 22.9 Å². The maximum absolute atomic E-state index is 12.9. The van der Waals surface area contributed by atoms with Crippen LogP contribution in [-0.4, -0.2) is 62.1 Å². The van der Waals surface area contributed by atoms with E-state index in [-0.39, 0.29) is 5.91 Å². The molecule has 1 aromatic heterocycles. The fourth-order valence-corrected chi connectivity index (χ4v) is 5.91. The topological polar surface area (TPSA) is 66.9 Å². The van der Waals surface area contributed by atoms with E-state index in [0.717, 1.165) is 25.0 Å². The van der Waals surface area contributed by atoms with Gasteiger partial charge in [0.05, 0.1) is 12.4 Å². The molecule has 1 aromatic rings. The Morgan fingerprint density at radius 1 is 1.17 bits per heavy atom. The van der Waals surface area contributed by atoms with Gasteiger partial charge >= 0.3 is 0 Å². The summed E-state index contributed by atoms with van der Waals surface area (Å²) in [5, 5.41) is -0.430. The number of thiophene rings is 1. The molecule has 8 heteroatoms. The predicted octanol–water partition coefficient (Wildman–Crippen LogP) is 1.74. The monoisotopic (exact) mass is 372 g/mol. The Labute approximate surface area is 147 Å². The van der Waals surface area contributed by atoms with Gasteiger partial charge in [-0.05, 0) is 33.1 Å². The molecule has 1 aliphatic heterocycles. The molecule has 2 aliphatic rings. The number of ether oxygens (including phenoxy) is 1. The van der Waals surface area contributed by atoms with E-state index in [0.29, 0.717) is 31.1 Å². The van der Waals surface area contributed by atoms with E-state index in [9.17, 15) is 13.2 Å². The van der Waals surface area contributed by atoms with Gasteiger partial charge in [-0.3, -0.25) is 4.79 Å². The summed E-state index contributed by atoms with van der Waals surface area (Å²) in [6.45, 7) is 4.95. The molecule has 0 unspecified atom stereocenters. The molecule has 0 bridgehead atoms. The van der Waals surface area contributed by atoms with Gasteiger partial charge in [0.2, 0.25) is 10.0 Å². The van der Waals surface area contributed by atoms with Gasteiger partial charge in [-0.2, -0.15) is 4.31 Å². The molecule has 3 rings (SSSR count). The van der Waals surface area contributed by atoms with Gasteiger partial charge in [-0.25, -0.2) is 8.42 Å². The molecule has 0 atom stereocenters. The Morgan fingerprint density at radius 2 is 1.83 bits per heavy atom. The molecule has 0 saturated carbocycles. The molecular weight excluding hydrogens is 348 g/mol. The number of hydrogen-bond acceptors (Lipinski definition) is 5. The van der Waals surface area contributed by atoms with Gasteiger partial charge in [0.15, 0.2) is 0 Å². The number of nitrogens with zero attached hydrogens (tertiary/aromatic N) is 2. The second kappa shape index (κ2) is 6.65. The minimum absolute atomic E-state index is 0.0344. The van der Waals surface area contributed by atoms with Gasteiger partial charge < -0.3 is 9.64 Å². The summed E-state index contributed by atoms with van der Waals surface area (Å²) in [5.41, 5.74) is 1.19. The zero-order valence-electron chi connectivity index (χ0n) is 14.4. The van der Waals surface area contributed by atoms with E-state index in [2.05, 4.69) is 0 Å². The number of aryl methyl sites for hydroxylation is 1. The highest BCUT2D eigenvalue weighted by molar-refractivity contribution is 7.89. The number of methoxy groups -OCH3 is 1. The fourth-order valence-electron chi connectivity index (χ4n) is 3.32. The zero-order chi connectivity index (χ0) is 17.5. The molecule has 24 heavy (non-hydrogen) atoms. The Balaban J connectivity index is 1.73. The standard InChI is InChI=1S/C16H24N2O4S2/c1-11(2)24(20,21)18-9-7-17(8-10-18)16(19)15-14(22-3)12-5-4-6-13(12)23-15/h11H,4-10H2,1-3H3. The summed E-state index contributed by atoms with van der Waals surface area (Å²) in [6.07, 6.45) is 3.12. The fraction of sp³-hybridized carbons (Fsp3) is 0.688. The number of carbonyl (C=O) groups excluding carboxylic acids is 1. The molecule has 0 N–H and O–H groups in total. The molecule has 1 amide bonds. The number of fused-ring (bicyclic) bond motifs is 1. The van der Waals surface area contributed by atoms with Gasteiger partial charge in [-0.15, -0.1) is 11.3 Å². The molecular formula is C16H24N2O4S2. The lowest BCUT2D eigenvalue weighted by Gasteiger charge is -2.34. The second-order valence-electron chi connectivity index (χ2n) is 6.50. The van der Waals surface area contributed by atoms with Crippen molar-refractivity contribution in [2.45, 2.75) is 38.4 Å². The van der Waals surface area contributed by atoms with E-state index >= 15 is 0 Å². The van der Waals surface area contributed by atoms with E-state index in [1.165, 1.54) is 26.1 Å². The molecule has 2 heterocycles. The van der Waals surface area contributed by atoms with Crippen molar-refractivity contribution < 1.29 is 17.9 Å². The summed E-state index contributed by atoms with van der Waals surface area (Å²) >= 11 is 1.54. The number of amides is 1. The van der Waals surface area contributed by atoms with Crippen LogP contribution in [0.2, 0.25) is 0 Å². The van der Waals surface area contributed by atoms with Crippen molar-refractivity contribution in [2.24, 2.45) is 0 Å². The lowest BCUT2D eigenvalue weighted by atomic mass is 10.2. The van der Waals surface area contributed by atoms with Crippen LogP contribution < -0.4 is 4.74 Å². The number of hydrogen-bond donors (Lipinski definition) is 0. The number of carbonyl (C=O) groups is 1. The summed E-state index contributed by atoms with van der Waals surface area (Å²) < 4.78 is 31.5. The van der Waals surface area contributed by atoms with Crippen molar-refractivity contribution in [1.29, 1.82) is 0 Å². The van der Waals surface area contributed by atoms with Gasteiger partial charge in [0, 0.05) is 36.6 Å². The normalized spacial score (nSPS) is 18.9. The van der Waals surface area contributed by atoms with Crippen LogP contribution in [0, 0.1) is 0 Å². The lowest BCUT2D eigenvalue weighted by molar-refractivity contribution is 0.0699. The van der Waals surface area contributed by atoms with Gasteiger partial charge in [-0.1, -0.05) is 0 Å². The third kappa shape index (κ3) is 2.95. The Bertz CT molecular complexity index is 732. The first-order valence-electron chi connectivity index (χ1n) is 8.33. The Kier molecular flexibility index (Phi) is 4.90. The molecule has 134 valence electrons. The largest absolute Gasteiger partial charge is 0.495 e. The van der Waals surface area contributed by atoms with Crippen LogP contribution in [0.3, 0.4) is 0 Å².